The van der Waals surface area contributed by atoms with E-state index < -0.39 is 12.0 Å². The van der Waals surface area contributed by atoms with Crippen molar-refractivity contribution in [3.63, 3.8) is 0 Å². The zero-order chi connectivity index (χ0) is 18.0. The van der Waals surface area contributed by atoms with Gasteiger partial charge in [0.2, 0.25) is 0 Å². The second kappa shape index (κ2) is 7.77. The lowest BCUT2D eigenvalue weighted by Crippen LogP contribution is -2.39. The maximum absolute atomic E-state index is 11.8. The van der Waals surface area contributed by atoms with Crippen LogP contribution in [0.1, 0.15) is 30.0 Å². The molecular weight excluding hydrogens is 406 g/mol. The van der Waals surface area contributed by atoms with Gasteiger partial charge in [-0.05, 0) is 42.7 Å². The number of rotatable bonds is 5. The van der Waals surface area contributed by atoms with Gasteiger partial charge in [-0.1, -0.05) is 45.7 Å². The van der Waals surface area contributed by atoms with Gasteiger partial charge in [-0.15, -0.1) is 0 Å². The molecular formula is C19H19BrClNO3. The van der Waals surface area contributed by atoms with E-state index in [1.54, 1.807) is 13.2 Å². The van der Waals surface area contributed by atoms with Crippen LogP contribution in [0.3, 0.4) is 0 Å². The molecule has 0 amide bonds. The quantitative estimate of drug-likeness (QED) is 0.752. The van der Waals surface area contributed by atoms with Crippen molar-refractivity contribution in [3.8, 4) is 5.75 Å². The van der Waals surface area contributed by atoms with Crippen molar-refractivity contribution >= 4 is 33.5 Å². The van der Waals surface area contributed by atoms with Crippen LogP contribution >= 0.6 is 27.5 Å². The fourth-order valence-electron chi connectivity index (χ4n) is 3.50. The van der Waals surface area contributed by atoms with E-state index in [-0.39, 0.29) is 6.04 Å². The number of aliphatic carboxylic acids is 1. The van der Waals surface area contributed by atoms with Crippen molar-refractivity contribution in [1.29, 1.82) is 0 Å². The van der Waals surface area contributed by atoms with Gasteiger partial charge in [0.15, 0.2) is 0 Å². The minimum Gasteiger partial charge on any atom is -0.496 e. The molecule has 0 aromatic heterocycles. The molecule has 1 fully saturated rings. The zero-order valence-corrected chi connectivity index (χ0v) is 16.1. The molecule has 1 heterocycles. The number of methoxy groups -OCH3 is 1. The molecule has 1 aliphatic rings. The first kappa shape index (κ1) is 18.2. The van der Waals surface area contributed by atoms with Gasteiger partial charge in [0.1, 0.15) is 11.8 Å². The van der Waals surface area contributed by atoms with E-state index in [9.17, 15) is 9.90 Å². The Bertz CT molecular complexity index is 783. The number of carboxylic acid groups (broad SMARTS) is 1. The standard InChI is InChI=1S/C19H19BrClNO3/c1-25-17-9-8-12(21)11-14(17)18(13-5-2-3-6-15(13)20)22-10-4-7-16(22)19(23)24/h2-3,5-6,8-9,11,16,18H,4,7,10H2,1H3,(H,23,24). The average molecular weight is 425 g/mol. The first-order valence-electron chi connectivity index (χ1n) is 8.09. The van der Waals surface area contributed by atoms with Crippen LogP contribution in [-0.2, 0) is 4.79 Å². The summed E-state index contributed by atoms with van der Waals surface area (Å²) in [4.78, 5) is 13.8. The third kappa shape index (κ3) is 3.68. The summed E-state index contributed by atoms with van der Waals surface area (Å²) in [6.45, 7) is 0.707. The molecule has 0 spiro atoms. The molecule has 1 aliphatic heterocycles. The van der Waals surface area contributed by atoms with Crippen LogP contribution in [-0.4, -0.2) is 35.7 Å². The van der Waals surface area contributed by atoms with Crippen molar-refractivity contribution in [3.05, 3.63) is 63.1 Å². The molecule has 3 rings (SSSR count). The van der Waals surface area contributed by atoms with E-state index in [0.29, 0.717) is 23.7 Å². The second-order valence-electron chi connectivity index (χ2n) is 6.04. The largest absolute Gasteiger partial charge is 0.496 e. The molecule has 2 atom stereocenters. The number of nitrogens with zero attached hydrogens (tertiary/aromatic N) is 1. The SMILES string of the molecule is COc1ccc(Cl)cc1C(c1ccccc1Br)N1CCCC1C(=O)O. The Morgan fingerprint density at radius 3 is 2.76 bits per heavy atom. The Balaban J connectivity index is 2.18. The number of hydrogen-bond donors (Lipinski definition) is 1. The van der Waals surface area contributed by atoms with Crippen LogP contribution in [0.15, 0.2) is 46.9 Å². The van der Waals surface area contributed by atoms with Crippen molar-refractivity contribution in [2.24, 2.45) is 0 Å². The summed E-state index contributed by atoms with van der Waals surface area (Å²) in [5.74, 6) is -0.100. The average Bonchev–Trinajstić information content (AvgIpc) is 3.07. The Labute approximate surface area is 160 Å². The summed E-state index contributed by atoms with van der Waals surface area (Å²) < 4.78 is 6.48. The van der Waals surface area contributed by atoms with Crippen LogP contribution in [0.25, 0.3) is 0 Å². The predicted octanol–water partition coefficient (Wildman–Crippen LogP) is 4.75. The second-order valence-corrected chi connectivity index (χ2v) is 7.34. The van der Waals surface area contributed by atoms with Gasteiger partial charge in [-0.2, -0.15) is 0 Å². The Hall–Kier alpha value is -1.56. The molecule has 2 unspecified atom stereocenters. The highest BCUT2D eigenvalue weighted by Gasteiger charge is 2.38. The van der Waals surface area contributed by atoms with Gasteiger partial charge < -0.3 is 9.84 Å². The van der Waals surface area contributed by atoms with Gasteiger partial charge in [0.05, 0.1) is 13.2 Å². The number of halogens is 2. The summed E-state index contributed by atoms with van der Waals surface area (Å²) in [6.07, 6.45) is 1.49. The lowest BCUT2D eigenvalue weighted by molar-refractivity contribution is -0.142. The molecule has 6 heteroatoms. The van der Waals surface area contributed by atoms with Crippen LogP contribution in [0.2, 0.25) is 5.02 Å². The fourth-order valence-corrected chi connectivity index (χ4v) is 4.19. The highest BCUT2D eigenvalue weighted by Crippen LogP contribution is 2.42. The number of carbonyl (C=O) groups is 1. The van der Waals surface area contributed by atoms with E-state index in [1.807, 2.05) is 41.3 Å². The highest BCUT2D eigenvalue weighted by molar-refractivity contribution is 9.10. The number of likely N-dealkylation sites (tertiary alicyclic amines) is 1. The van der Waals surface area contributed by atoms with Crippen molar-refractivity contribution in [2.45, 2.75) is 24.9 Å². The molecule has 0 radical (unpaired) electrons. The van der Waals surface area contributed by atoms with Crippen LogP contribution in [0.5, 0.6) is 5.75 Å². The van der Waals surface area contributed by atoms with Crippen LogP contribution in [0.4, 0.5) is 0 Å². The normalized spacial score (nSPS) is 18.9. The minimum absolute atomic E-state index is 0.257. The predicted molar refractivity (Wildman–Crippen MR) is 101 cm³/mol. The summed E-state index contributed by atoms with van der Waals surface area (Å²) >= 11 is 9.86. The first-order chi connectivity index (χ1) is 12.0. The van der Waals surface area contributed by atoms with E-state index in [2.05, 4.69) is 15.9 Å². The molecule has 0 bridgehead atoms. The number of carboxylic acids is 1. The summed E-state index contributed by atoms with van der Waals surface area (Å²) in [6, 6.07) is 12.6. The fraction of sp³-hybridized carbons (Fsp3) is 0.316. The maximum Gasteiger partial charge on any atom is 0.320 e. The minimum atomic E-state index is -0.796. The van der Waals surface area contributed by atoms with E-state index >= 15 is 0 Å². The monoisotopic (exact) mass is 423 g/mol. The molecule has 2 aromatic rings. The molecule has 1 saturated heterocycles. The third-order valence-electron chi connectivity index (χ3n) is 4.60. The van der Waals surface area contributed by atoms with Gasteiger partial charge in [0, 0.05) is 21.6 Å². The van der Waals surface area contributed by atoms with E-state index in [4.69, 9.17) is 16.3 Å². The number of hydrogen-bond acceptors (Lipinski definition) is 3. The van der Waals surface area contributed by atoms with Crippen LogP contribution in [0, 0.1) is 0 Å². The van der Waals surface area contributed by atoms with E-state index in [1.165, 1.54) is 0 Å². The van der Waals surface area contributed by atoms with Gasteiger partial charge in [0.25, 0.3) is 0 Å². The van der Waals surface area contributed by atoms with Gasteiger partial charge >= 0.3 is 5.97 Å². The zero-order valence-electron chi connectivity index (χ0n) is 13.8. The van der Waals surface area contributed by atoms with Crippen molar-refractivity contribution < 1.29 is 14.6 Å². The highest BCUT2D eigenvalue weighted by atomic mass is 79.9. The van der Waals surface area contributed by atoms with Crippen LogP contribution < -0.4 is 4.74 Å². The first-order valence-corrected chi connectivity index (χ1v) is 9.26. The molecule has 4 nitrogen and oxygen atoms in total. The molecule has 1 N–H and O–H groups in total. The lowest BCUT2D eigenvalue weighted by Gasteiger charge is -2.33. The number of ether oxygens (including phenoxy) is 1. The smallest absolute Gasteiger partial charge is 0.320 e. The summed E-state index contributed by atoms with van der Waals surface area (Å²) in [5.41, 5.74) is 1.87. The number of benzene rings is 2. The molecule has 0 saturated carbocycles. The summed E-state index contributed by atoms with van der Waals surface area (Å²) in [5, 5.41) is 10.3. The summed E-state index contributed by atoms with van der Waals surface area (Å²) in [7, 11) is 1.61. The molecule has 0 aliphatic carbocycles. The molecule has 2 aromatic carbocycles. The lowest BCUT2D eigenvalue weighted by atomic mass is 9.95. The molecule has 132 valence electrons. The Morgan fingerprint density at radius 1 is 1.32 bits per heavy atom. The van der Waals surface area contributed by atoms with Gasteiger partial charge in [-0.25, -0.2) is 0 Å². The van der Waals surface area contributed by atoms with Crippen molar-refractivity contribution in [2.75, 3.05) is 13.7 Å². The topological polar surface area (TPSA) is 49.8 Å². The third-order valence-corrected chi connectivity index (χ3v) is 5.55. The molecule has 25 heavy (non-hydrogen) atoms. The van der Waals surface area contributed by atoms with Crippen molar-refractivity contribution in [1.82, 2.24) is 4.90 Å². The Kier molecular flexibility index (Phi) is 5.67. The van der Waals surface area contributed by atoms with E-state index in [0.717, 1.165) is 22.0 Å². The Morgan fingerprint density at radius 2 is 2.08 bits per heavy atom. The maximum atomic E-state index is 11.8. The van der Waals surface area contributed by atoms with Gasteiger partial charge in [-0.3, -0.25) is 9.69 Å².